The van der Waals surface area contributed by atoms with Crippen LogP contribution in [0.25, 0.3) is 10.9 Å². The normalized spacial score (nSPS) is 11.5. The lowest BCUT2D eigenvalue weighted by molar-refractivity contribution is -0.137. The van der Waals surface area contributed by atoms with E-state index in [0.29, 0.717) is 16.5 Å². The summed E-state index contributed by atoms with van der Waals surface area (Å²) >= 11 is 0. The van der Waals surface area contributed by atoms with Gasteiger partial charge >= 0.3 is 6.18 Å². The van der Waals surface area contributed by atoms with Crippen LogP contribution in [0.1, 0.15) is 21.5 Å². The molecule has 1 aromatic heterocycles. The Kier molecular flexibility index (Phi) is 5.52. The molecule has 3 aromatic carbocycles. The maximum atomic E-state index is 13.4. The first kappa shape index (κ1) is 21.3. The maximum Gasteiger partial charge on any atom is 0.416 e. The monoisotopic (exact) mass is 440 g/mol. The Morgan fingerprint density at radius 1 is 0.906 bits per heavy atom. The number of nitrogens with zero attached hydrogens (tertiary/aromatic N) is 1. The van der Waals surface area contributed by atoms with Crippen LogP contribution in [0.3, 0.4) is 0 Å². The molecule has 4 rings (SSSR count). The number of hydrogen-bond donors (Lipinski definition) is 1. The molecule has 1 amide bonds. The first-order valence-electron chi connectivity index (χ1n) is 9.58. The van der Waals surface area contributed by atoms with Crippen molar-refractivity contribution in [2.75, 3.05) is 4.90 Å². The van der Waals surface area contributed by atoms with Crippen molar-refractivity contribution in [2.24, 2.45) is 0 Å². The van der Waals surface area contributed by atoms with E-state index in [0.717, 1.165) is 17.0 Å². The minimum absolute atomic E-state index is 0.0401. The van der Waals surface area contributed by atoms with Crippen LogP contribution in [0.5, 0.6) is 0 Å². The Balaban J connectivity index is 1.82. The van der Waals surface area contributed by atoms with E-state index in [1.165, 1.54) is 42.5 Å². The van der Waals surface area contributed by atoms with E-state index < -0.39 is 29.0 Å². The van der Waals surface area contributed by atoms with Gasteiger partial charge in [-0.2, -0.15) is 13.2 Å². The lowest BCUT2D eigenvalue weighted by atomic mass is 10.1. The van der Waals surface area contributed by atoms with Crippen LogP contribution in [0.4, 0.5) is 23.2 Å². The van der Waals surface area contributed by atoms with Crippen molar-refractivity contribution in [3.63, 3.8) is 0 Å². The predicted molar refractivity (Wildman–Crippen MR) is 113 cm³/mol. The van der Waals surface area contributed by atoms with Gasteiger partial charge in [-0.3, -0.25) is 9.59 Å². The van der Waals surface area contributed by atoms with Crippen LogP contribution in [-0.2, 0) is 12.7 Å². The Labute approximate surface area is 179 Å². The minimum atomic E-state index is -4.61. The molecule has 0 aliphatic heterocycles. The molecule has 0 saturated carbocycles. The van der Waals surface area contributed by atoms with Crippen molar-refractivity contribution in [1.29, 1.82) is 0 Å². The molecule has 162 valence electrons. The molecule has 0 bridgehead atoms. The fourth-order valence-corrected chi connectivity index (χ4v) is 3.35. The van der Waals surface area contributed by atoms with Crippen molar-refractivity contribution >= 4 is 22.5 Å². The second-order valence-corrected chi connectivity index (χ2v) is 7.17. The van der Waals surface area contributed by atoms with Gasteiger partial charge in [0.1, 0.15) is 11.4 Å². The molecule has 0 aliphatic carbocycles. The largest absolute Gasteiger partial charge is 0.416 e. The summed E-state index contributed by atoms with van der Waals surface area (Å²) < 4.78 is 53.1. The Morgan fingerprint density at radius 3 is 2.34 bits per heavy atom. The molecular weight excluding hydrogens is 424 g/mol. The summed E-state index contributed by atoms with van der Waals surface area (Å²) in [6, 6.07) is 17.7. The molecule has 0 unspecified atom stereocenters. The zero-order chi connectivity index (χ0) is 22.9. The van der Waals surface area contributed by atoms with Gasteiger partial charge in [0.2, 0.25) is 0 Å². The van der Waals surface area contributed by atoms with Gasteiger partial charge in [-0.25, -0.2) is 4.39 Å². The third-order valence-corrected chi connectivity index (χ3v) is 4.97. The summed E-state index contributed by atoms with van der Waals surface area (Å²) in [5.41, 5.74) is -0.846. The lowest BCUT2D eigenvalue weighted by Crippen LogP contribution is -2.34. The molecule has 0 saturated heterocycles. The second kappa shape index (κ2) is 8.30. The molecule has 8 heteroatoms. The number of amides is 1. The molecule has 4 aromatic rings. The highest BCUT2D eigenvalue weighted by atomic mass is 19.4. The number of carbonyl (C=O) groups excluding carboxylic acids is 1. The van der Waals surface area contributed by atoms with Crippen LogP contribution in [-0.4, -0.2) is 10.9 Å². The van der Waals surface area contributed by atoms with E-state index >= 15 is 0 Å². The molecule has 32 heavy (non-hydrogen) atoms. The number of carbonyl (C=O) groups is 1. The highest BCUT2D eigenvalue weighted by Gasteiger charge is 2.31. The number of nitrogens with one attached hydrogen (secondary N) is 1. The molecule has 0 radical (unpaired) electrons. The number of fused-ring (bicyclic) bond motifs is 1. The number of aromatic amines is 1. The van der Waals surface area contributed by atoms with Gasteiger partial charge in [-0.1, -0.05) is 36.4 Å². The number of H-pyrrole nitrogens is 1. The van der Waals surface area contributed by atoms with E-state index in [9.17, 15) is 27.2 Å². The van der Waals surface area contributed by atoms with E-state index in [4.69, 9.17) is 0 Å². The number of pyridine rings is 1. The summed E-state index contributed by atoms with van der Waals surface area (Å²) in [5, 5.41) is 0.598. The van der Waals surface area contributed by atoms with Gasteiger partial charge in [0.25, 0.3) is 11.5 Å². The molecule has 0 spiro atoms. The van der Waals surface area contributed by atoms with E-state index in [1.807, 2.05) is 0 Å². The second-order valence-electron chi connectivity index (χ2n) is 7.17. The summed E-state index contributed by atoms with van der Waals surface area (Å²) in [6.07, 6.45) is -4.61. The average Bonchev–Trinajstić information content (AvgIpc) is 2.77. The number of rotatable bonds is 4. The number of benzene rings is 3. The Hall–Kier alpha value is -3.94. The number of anilines is 1. The minimum Gasteiger partial charge on any atom is -0.321 e. The molecule has 0 atom stereocenters. The first-order valence-corrected chi connectivity index (χ1v) is 9.58. The third-order valence-electron chi connectivity index (χ3n) is 4.97. The van der Waals surface area contributed by atoms with Crippen molar-refractivity contribution in [3.05, 3.63) is 112 Å². The van der Waals surface area contributed by atoms with Gasteiger partial charge in [0.05, 0.1) is 12.1 Å². The predicted octanol–water partition coefficient (Wildman–Crippen LogP) is 5.53. The van der Waals surface area contributed by atoms with Crippen LogP contribution in [0, 0.1) is 5.82 Å². The van der Waals surface area contributed by atoms with Gasteiger partial charge in [-0.05, 0) is 53.4 Å². The number of para-hydroxylation sites is 1. The SMILES string of the molecule is O=C(c1cc2ccccc2[nH]c1=O)N(Cc1ccc(F)cc1)c1cccc(C(F)(F)F)c1. The third kappa shape index (κ3) is 4.39. The van der Waals surface area contributed by atoms with Crippen molar-refractivity contribution in [3.8, 4) is 0 Å². The van der Waals surface area contributed by atoms with Crippen LogP contribution < -0.4 is 10.5 Å². The highest BCUT2D eigenvalue weighted by molar-refractivity contribution is 6.07. The summed E-state index contributed by atoms with van der Waals surface area (Å²) in [4.78, 5) is 29.7. The Morgan fingerprint density at radius 2 is 1.62 bits per heavy atom. The summed E-state index contributed by atoms with van der Waals surface area (Å²) in [6.45, 7) is -0.160. The summed E-state index contributed by atoms with van der Waals surface area (Å²) in [7, 11) is 0. The number of alkyl halides is 3. The zero-order valence-corrected chi connectivity index (χ0v) is 16.5. The van der Waals surface area contributed by atoms with E-state index in [-0.39, 0.29) is 17.8 Å². The number of halogens is 4. The maximum absolute atomic E-state index is 13.4. The van der Waals surface area contributed by atoms with Gasteiger partial charge in [0, 0.05) is 11.2 Å². The fourth-order valence-electron chi connectivity index (χ4n) is 3.35. The smallest absolute Gasteiger partial charge is 0.321 e. The van der Waals surface area contributed by atoms with Crippen LogP contribution >= 0.6 is 0 Å². The van der Waals surface area contributed by atoms with E-state index in [1.54, 1.807) is 24.3 Å². The quantitative estimate of drug-likeness (QED) is 0.424. The molecule has 4 nitrogen and oxygen atoms in total. The van der Waals surface area contributed by atoms with Crippen molar-refractivity contribution < 1.29 is 22.4 Å². The first-order chi connectivity index (χ1) is 15.2. The zero-order valence-electron chi connectivity index (χ0n) is 16.5. The molecule has 0 aliphatic rings. The molecule has 0 fully saturated rings. The Bertz CT molecular complexity index is 1340. The van der Waals surface area contributed by atoms with Crippen molar-refractivity contribution in [1.82, 2.24) is 4.98 Å². The standard InChI is InChI=1S/C24H16F4N2O2/c25-18-10-8-15(9-11-18)14-30(19-6-3-5-17(13-19)24(26,27)28)23(32)20-12-16-4-1-2-7-21(16)29-22(20)31/h1-13H,14H2,(H,29,31). The lowest BCUT2D eigenvalue weighted by Gasteiger charge is -2.24. The average molecular weight is 440 g/mol. The van der Waals surface area contributed by atoms with Gasteiger partial charge in [-0.15, -0.1) is 0 Å². The highest BCUT2D eigenvalue weighted by Crippen LogP contribution is 2.32. The fraction of sp³-hybridized carbons (Fsp3) is 0.0833. The van der Waals surface area contributed by atoms with Gasteiger partial charge in [0.15, 0.2) is 0 Å². The molecule has 1 N–H and O–H groups in total. The number of hydrogen-bond acceptors (Lipinski definition) is 2. The van der Waals surface area contributed by atoms with Gasteiger partial charge < -0.3 is 9.88 Å². The molecular formula is C24H16F4N2O2. The molecule has 1 heterocycles. The van der Waals surface area contributed by atoms with Crippen molar-refractivity contribution in [2.45, 2.75) is 12.7 Å². The van der Waals surface area contributed by atoms with Crippen LogP contribution in [0.2, 0.25) is 0 Å². The topological polar surface area (TPSA) is 53.2 Å². The van der Waals surface area contributed by atoms with Crippen LogP contribution in [0.15, 0.2) is 83.7 Å². The number of aromatic nitrogens is 1. The van der Waals surface area contributed by atoms with E-state index in [2.05, 4.69) is 4.98 Å². The summed E-state index contributed by atoms with van der Waals surface area (Å²) in [5.74, 6) is -1.27.